The predicted molar refractivity (Wildman–Crippen MR) is 313 cm³/mol. The van der Waals surface area contributed by atoms with E-state index in [4.69, 9.17) is 0 Å². The summed E-state index contributed by atoms with van der Waals surface area (Å²) >= 11 is 0.103. The molecule has 0 saturated carbocycles. The van der Waals surface area contributed by atoms with Crippen LogP contribution >= 0.6 is 0 Å². The van der Waals surface area contributed by atoms with E-state index in [1.807, 2.05) is 0 Å². The summed E-state index contributed by atoms with van der Waals surface area (Å²) in [7, 11) is 0. The topological polar surface area (TPSA) is 8.17 Å². The Balaban J connectivity index is 1.10. The number of nitrogens with zero attached hydrogens (tertiary/aromatic N) is 2. The molecule has 2 nitrogen and oxygen atoms in total. The molecule has 8 aromatic carbocycles. The van der Waals surface area contributed by atoms with Crippen LogP contribution in [0.3, 0.4) is 0 Å². The molecule has 73 heavy (non-hydrogen) atoms. The molecule has 0 saturated heterocycles. The van der Waals surface area contributed by atoms with Gasteiger partial charge in [0.2, 0.25) is 0 Å². The summed E-state index contributed by atoms with van der Waals surface area (Å²) in [5, 5.41) is 1.41. The molecular formula is C69H63BN2Se. The van der Waals surface area contributed by atoms with Gasteiger partial charge in [0.1, 0.15) is 0 Å². The van der Waals surface area contributed by atoms with E-state index in [9.17, 15) is 0 Å². The third-order valence-corrected chi connectivity index (χ3v) is 19.7. The molecule has 2 aliphatic heterocycles. The summed E-state index contributed by atoms with van der Waals surface area (Å²) in [5.41, 5.74) is 29.2. The van der Waals surface area contributed by atoms with Gasteiger partial charge in [-0.05, 0) is 0 Å². The molecule has 1 unspecified atom stereocenters. The number of aromatic nitrogens is 1. The maximum absolute atomic E-state index is 2.77. The zero-order valence-corrected chi connectivity index (χ0v) is 45.0. The van der Waals surface area contributed by atoms with Gasteiger partial charge in [-0.1, -0.05) is 0 Å². The number of fused-ring (bicyclic) bond motifs is 9. The molecule has 3 aliphatic carbocycles. The monoisotopic (exact) mass is 1010 g/mol. The van der Waals surface area contributed by atoms with Gasteiger partial charge >= 0.3 is 442 Å². The van der Waals surface area contributed by atoms with Crippen molar-refractivity contribution in [2.75, 3.05) is 4.90 Å². The first kappa shape index (κ1) is 45.1. The van der Waals surface area contributed by atoms with E-state index < -0.39 is 0 Å². The molecular weight excluding hydrogens is 947 g/mol. The molecule has 4 heteroatoms. The number of hydrogen-bond acceptors (Lipinski definition) is 1. The average molecular weight is 1010 g/mol. The molecule has 3 heterocycles. The van der Waals surface area contributed by atoms with Crippen LogP contribution in [0.1, 0.15) is 125 Å². The standard InChI is InChI=1S/C69H63BN2Se/c1-68(2,3)46-38-55(43-21-9-7-10-22-43)67(56(39-46)44-23-11-8-12-24-44)72-61-42-48(71-59-31-19-17-27-51(59)52-28-18-20-32-60(52)71)34-35-57(61)70-58-37-45(65-53-29-15-13-25-49(53)50-26-14-16-30-54(50)65)33-36-63(58)73-64-41-47(69(4,5)6)40-62(72)66(64)70/h7-13,15,17,19,21-25,27,29,31,33-42,65H,14,16,18,20,26,28,30,32H2,1-6H3. The summed E-state index contributed by atoms with van der Waals surface area (Å²) in [6.07, 6.45) is 9.67. The SMILES string of the molecule is CC(C)(C)c1cc(-c2ccccc2)c(N2c3cc(-n4c5c(c6ccccc64)CCCC5)ccc3B3c4cc(C5C6=C(CCCC6)c6ccccc65)ccc4[Se]c4cc(C(C)(C)C)cc2c43)c(-c2ccccc2)c1. The molecule has 0 N–H and O–H groups in total. The number of rotatable bonds is 5. The third-order valence-electron chi connectivity index (χ3n) is 17.2. The fourth-order valence-corrected chi connectivity index (χ4v) is 16.2. The molecule has 1 aromatic heterocycles. The second-order valence-corrected chi connectivity index (χ2v) is 26.0. The molecule has 0 fully saturated rings. The first-order valence-corrected chi connectivity index (χ1v) is 28.9. The van der Waals surface area contributed by atoms with Crippen molar-refractivity contribution in [3.05, 3.63) is 215 Å². The van der Waals surface area contributed by atoms with E-state index in [0.717, 1.165) is 12.8 Å². The third kappa shape index (κ3) is 7.18. The second kappa shape index (κ2) is 17.0. The fraction of sp³-hybridized carbons (Fsp3) is 0.246. The van der Waals surface area contributed by atoms with Gasteiger partial charge in [0.05, 0.1) is 0 Å². The summed E-state index contributed by atoms with van der Waals surface area (Å²) in [4.78, 5) is 2.77. The number of anilines is 3. The van der Waals surface area contributed by atoms with Gasteiger partial charge in [-0.25, -0.2) is 0 Å². The Morgan fingerprint density at radius 1 is 0.521 bits per heavy atom. The van der Waals surface area contributed by atoms with Crippen molar-refractivity contribution in [2.45, 2.75) is 110 Å². The van der Waals surface area contributed by atoms with Crippen LogP contribution in [0.5, 0.6) is 0 Å². The Labute approximate surface area is 439 Å². The van der Waals surface area contributed by atoms with Gasteiger partial charge < -0.3 is 0 Å². The number of benzene rings is 8. The zero-order chi connectivity index (χ0) is 49.3. The van der Waals surface area contributed by atoms with Crippen LogP contribution in [-0.2, 0) is 23.7 Å². The number of allylic oxidation sites excluding steroid dienone is 2. The number of aryl methyl sites for hydroxylation is 1. The molecule has 358 valence electrons. The Hall–Kier alpha value is -6.58. The average Bonchev–Trinajstić information content (AvgIpc) is 3.93. The van der Waals surface area contributed by atoms with Crippen LogP contribution in [0.25, 0.3) is 44.4 Å². The molecule has 9 aromatic rings. The maximum atomic E-state index is 2.77. The van der Waals surface area contributed by atoms with E-state index in [2.05, 4.69) is 221 Å². The van der Waals surface area contributed by atoms with Gasteiger partial charge in [-0.2, -0.15) is 0 Å². The Morgan fingerprint density at radius 2 is 1.18 bits per heavy atom. The second-order valence-electron chi connectivity index (χ2n) is 23.7. The van der Waals surface area contributed by atoms with Crippen LogP contribution in [0.4, 0.5) is 17.1 Å². The van der Waals surface area contributed by atoms with E-state index in [1.165, 1.54) is 159 Å². The quantitative estimate of drug-likeness (QED) is 0.156. The van der Waals surface area contributed by atoms with Crippen molar-refractivity contribution in [2.24, 2.45) is 0 Å². The van der Waals surface area contributed by atoms with E-state index in [-0.39, 0.29) is 32.5 Å². The predicted octanol–water partition coefficient (Wildman–Crippen LogP) is 14.2. The molecule has 14 rings (SSSR count). The van der Waals surface area contributed by atoms with Crippen LogP contribution < -0.4 is 30.2 Å². The summed E-state index contributed by atoms with van der Waals surface area (Å²) < 4.78 is 5.69. The molecule has 0 spiro atoms. The van der Waals surface area contributed by atoms with Crippen molar-refractivity contribution < 1.29 is 0 Å². The first-order valence-electron chi connectivity index (χ1n) is 27.2. The van der Waals surface area contributed by atoms with Crippen LogP contribution in [0.15, 0.2) is 175 Å². The Morgan fingerprint density at radius 3 is 1.93 bits per heavy atom. The minimum atomic E-state index is -0.0816. The van der Waals surface area contributed by atoms with Gasteiger partial charge in [-0.15, -0.1) is 0 Å². The number of hydrogen-bond donors (Lipinski definition) is 0. The van der Waals surface area contributed by atoms with Crippen molar-refractivity contribution in [3.8, 4) is 27.9 Å². The van der Waals surface area contributed by atoms with Crippen molar-refractivity contribution in [1.29, 1.82) is 0 Å². The van der Waals surface area contributed by atoms with Crippen LogP contribution in [0.2, 0.25) is 0 Å². The molecule has 5 aliphatic rings. The van der Waals surface area contributed by atoms with Gasteiger partial charge in [0.25, 0.3) is 0 Å². The Bertz CT molecular complexity index is 3690. The van der Waals surface area contributed by atoms with Gasteiger partial charge in [0.15, 0.2) is 0 Å². The summed E-state index contributed by atoms with van der Waals surface area (Å²) in [6, 6.07) is 66.9. The summed E-state index contributed by atoms with van der Waals surface area (Å²) in [6.45, 7) is 14.4. The van der Waals surface area contributed by atoms with Crippen molar-refractivity contribution in [1.82, 2.24) is 4.57 Å². The van der Waals surface area contributed by atoms with E-state index >= 15 is 0 Å². The normalized spacial score (nSPS) is 16.7. The fourth-order valence-electron chi connectivity index (χ4n) is 13.7. The van der Waals surface area contributed by atoms with Crippen molar-refractivity contribution >= 4 is 80.5 Å². The number of para-hydroxylation sites is 1. The zero-order valence-electron chi connectivity index (χ0n) is 43.3. The van der Waals surface area contributed by atoms with E-state index in [0.29, 0.717) is 5.92 Å². The molecule has 0 bridgehead atoms. The molecule has 0 amide bonds. The van der Waals surface area contributed by atoms with Crippen LogP contribution in [0, 0.1) is 0 Å². The van der Waals surface area contributed by atoms with Gasteiger partial charge in [-0.3, -0.25) is 0 Å². The first-order chi connectivity index (χ1) is 35.5. The van der Waals surface area contributed by atoms with E-state index in [1.54, 1.807) is 11.1 Å². The Kier molecular flexibility index (Phi) is 10.5. The molecule has 0 radical (unpaired) electrons. The van der Waals surface area contributed by atoms with Gasteiger partial charge in [0, 0.05) is 0 Å². The van der Waals surface area contributed by atoms with Crippen molar-refractivity contribution in [3.63, 3.8) is 0 Å². The minimum absolute atomic E-state index is 0.0694. The summed E-state index contributed by atoms with van der Waals surface area (Å²) in [5.74, 6) is 0.312. The molecule has 1 atom stereocenters. The van der Waals surface area contributed by atoms with Crippen LogP contribution in [-0.4, -0.2) is 26.2 Å².